The quantitative estimate of drug-likeness (QED) is 0.0822. The molecule has 3 nitrogen and oxygen atoms in total. The van der Waals surface area contributed by atoms with Crippen LogP contribution in [0.2, 0.25) is 0 Å². The first-order valence-corrected chi connectivity index (χ1v) is 16.9. The maximum absolute atomic E-state index is 3.00. The highest BCUT2D eigenvalue weighted by Crippen LogP contribution is 2.49. The van der Waals surface area contributed by atoms with Gasteiger partial charge in [0.25, 0.3) is 0 Å². The minimum atomic E-state index is -0.351. The van der Waals surface area contributed by atoms with Crippen LogP contribution in [-0.2, 0) is 0 Å². The van der Waals surface area contributed by atoms with Crippen molar-refractivity contribution in [1.29, 1.82) is 0 Å². The largest absolute Gasteiger partial charge is 0.257 e. The lowest BCUT2D eigenvalue weighted by atomic mass is 10.2. The molecule has 0 N–H and O–H groups in total. The van der Waals surface area contributed by atoms with Gasteiger partial charge in [-0.2, -0.15) is 0 Å². The van der Waals surface area contributed by atoms with Gasteiger partial charge in [-0.3, -0.25) is 14.0 Å². The Morgan fingerprint density at radius 1 is 0.294 bits per heavy atom. The molecule has 0 heterocycles. The first kappa shape index (κ1) is 34.3. The number of unbranched alkanes of at least 4 members (excludes halogenated alkanes) is 12. The molecule has 0 unspecified atom stereocenters. The van der Waals surface area contributed by atoms with Crippen molar-refractivity contribution < 1.29 is 0 Å². The molecule has 0 aliphatic heterocycles. The standard InChI is InChI=1S/C30H66N3P/c1-7-13-19-25-31(26-20-14-8-2)34(32(27-21-15-9-3)28-22-16-10-4)33(29-23-17-11-5)30-24-18-12-6/h7-30H2,1-6H3. The summed E-state index contributed by atoms with van der Waals surface area (Å²) >= 11 is 0. The summed E-state index contributed by atoms with van der Waals surface area (Å²) in [4.78, 5) is 0. The molecule has 34 heavy (non-hydrogen) atoms. The summed E-state index contributed by atoms with van der Waals surface area (Å²) in [6.45, 7) is 22.0. The first-order valence-electron chi connectivity index (χ1n) is 15.7. The molecule has 0 amide bonds. The van der Waals surface area contributed by atoms with Gasteiger partial charge in [-0.25, -0.2) is 0 Å². The molecule has 0 saturated carbocycles. The molecular formula is C30H66N3P. The molecule has 0 rings (SSSR count). The van der Waals surface area contributed by atoms with Gasteiger partial charge in [0.2, 0.25) is 0 Å². The molecule has 0 spiro atoms. The lowest BCUT2D eigenvalue weighted by molar-refractivity contribution is 0.296. The zero-order valence-corrected chi connectivity index (χ0v) is 25.7. The average molecular weight is 500 g/mol. The highest BCUT2D eigenvalue weighted by molar-refractivity contribution is 7.50. The second-order valence-electron chi connectivity index (χ2n) is 10.4. The molecule has 0 aromatic heterocycles. The Bertz CT molecular complexity index is 306. The minimum absolute atomic E-state index is 0.351. The molecular weight excluding hydrogens is 433 g/mol. The molecule has 0 fully saturated rings. The van der Waals surface area contributed by atoms with E-state index in [9.17, 15) is 0 Å². The maximum Gasteiger partial charge on any atom is 0.120 e. The van der Waals surface area contributed by atoms with Crippen LogP contribution in [0.15, 0.2) is 0 Å². The van der Waals surface area contributed by atoms with Gasteiger partial charge in [0, 0.05) is 39.3 Å². The smallest absolute Gasteiger partial charge is 0.120 e. The summed E-state index contributed by atoms with van der Waals surface area (Å²) in [6, 6.07) is 0. The lowest BCUT2D eigenvalue weighted by Crippen LogP contribution is -2.40. The number of nitrogens with zero attached hydrogens (tertiary/aromatic N) is 3. The van der Waals surface area contributed by atoms with Crippen molar-refractivity contribution in [3.8, 4) is 0 Å². The summed E-state index contributed by atoms with van der Waals surface area (Å²) in [5.41, 5.74) is 0. The Kier molecular flexibility index (Phi) is 26.6. The van der Waals surface area contributed by atoms with E-state index in [2.05, 4.69) is 55.6 Å². The highest BCUT2D eigenvalue weighted by atomic mass is 31.2. The topological polar surface area (TPSA) is 9.72 Å². The molecule has 0 aromatic rings. The van der Waals surface area contributed by atoms with Gasteiger partial charge in [0.05, 0.1) is 0 Å². The molecule has 4 heteroatoms. The van der Waals surface area contributed by atoms with Gasteiger partial charge in [0.15, 0.2) is 0 Å². The average Bonchev–Trinajstić information content (AvgIpc) is 2.84. The predicted molar refractivity (Wildman–Crippen MR) is 159 cm³/mol. The van der Waals surface area contributed by atoms with Crippen LogP contribution in [-0.4, -0.2) is 53.3 Å². The monoisotopic (exact) mass is 499 g/mol. The molecule has 206 valence electrons. The van der Waals surface area contributed by atoms with E-state index < -0.39 is 0 Å². The summed E-state index contributed by atoms with van der Waals surface area (Å²) in [5.74, 6) is 0. The summed E-state index contributed by atoms with van der Waals surface area (Å²) in [6.07, 6.45) is 24.5. The third kappa shape index (κ3) is 17.7. The molecule has 0 aromatic carbocycles. The van der Waals surface area contributed by atoms with Crippen molar-refractivity contribution in [2.24, 2.45) is 0 Å². The number of hydrogen-bond donors (Lipinski definition) is 0. The summed E-state index contributed by atoms with van der Waals surface area (Å²) < 4.78 is 8.99. The zero-order chi connectivity index (χ0) is 25.3. The first-order chi connectivity index (χ1) is 16.7. The van der Waals surface area contributed by atoms with Gasteiger partial charge in [-0.05, 0) is 38.5 Å². The summed E-state index contributed by atoms with van der Waals surface area (Å²) in [5, 5.41) is 0. The van der Waals surface area contributed by atoms with Crippen molar-refractivity contribution in [1.82, 2.24) is 14.0 Å². The normalized spacial score (nSPS) is 12.2. The van der Waals surface area contributed by atoms with Crippen LogP contribution < -0.4 is 0 Å². The molecule has 0 radical (unpaired) electrons. The van der Waals surface area contributed by atoms with Gasteiger partial charge in [0.1, 0.15) is 8.37 Å². The second-order valence-corrected chi connectivity index (χ2v) is 12.6. The van der Waals surface area contributed by atoms with Crippen molar-refractivity contribution in [3.63, 3.8) is 0 Å². The van der Waals surface area contributed by atoms with E-state index in [0.29, 0.717) is 0 Å². The van der Waals surface area contributed by atoms with Crippen molar-refractivity contribution >= 4 is 8.37 Å². The van der Waals surface area contributed by atoms with Crippen molar-refractivity contribution in [2.75, 3.05) is 39.3 Å². The fraction of sp³-hybridized carbons (Fsp3) is 1.00. The maximum atomic E-state index is 3.00. The van der Waals surface area contributed by atoms with Gasteiger partial charge >= 0.3 is 0 Å². The SMILES string of the molecule is CCCCCN(CCCCC)P(N(CCCCC)CCCCC)N(CCCCC)CCCCC. The third-order valence-electron chi connectivity index (χ3n) is 6.88. The van der Waals surface area contributed by atoms with E-state index in [1.165, 1.54) is 155 Å². The molecule has 0 aliphatic carbocycles. The van der Waals surface area contributed by atoms with E-state index in [0.717, 1.165) is 0 Å². The Morgan fingerprint density at radius 2 is 0.471 bits per heavy atom. The van der Waals surface area contributed by atoms with Crippen LogP contribution in [0.25, 0.3) is 0 Å². The van der Waals surface area contributed by atoms with Crippen LogP contribution in [0, 0.1) is 0 Å². The van der Waals surface area contributed by atoms with Gasteiger partial charge < -0.3 is 0 Å². The van der Waals surface area contributed by atoms with E-state index in [1.54, 1.807) is 0 Å². The van der Waals surface area contributed by atoms with Crippen molar-refractivity contribution in [2.45, 2.75) is 157 Å². The predicted octanol–water partition coefficient (Wildman–Crippen LogP) is 10.3. The highest BCUT2D eigenvalue weighted by Gasteiger charge is 2.30. The Balaban J connectivity index is 5.91. The van der Waals surface area contributed by atoms with E-state index in [4.69, 9.17) is 0 Å². The van der Waals surface area contributed by atoms with Crippen molar-refractivity contribution in [3.05, 3.63) is 0 Å². The van der Waals surface area contributed by atoms with Gasteiger partial charge in [-0.15, -0.1) is 0 Å². The number of hydrogen-bond acceptors (Lipinski definition) is 3. The molecule has 0 aliphatic rings. The lowest BCUT2D eigenvalue weighted by Gasteiger charge is -2.46. The molecule has 0 bridgehead atoms. The van der Waals surface area contributed by atoms with E-state index in [-0.39, 0.29) is 8.37 Å². The van der Waals surface area contributed by atoms with Crippen LogP contribution in [0.4, 0.5) is 0 Å². The minimum Gasteiger partial charge on any atom is -0.257 e. The summed E-state index contributed by atoms with van der Waals surface area (Å²) in [7, 11) is -0.351. The molecule has 0 atom stereocenters. The molecule has 0 saturated heterocycles. The second kappa shape index (κ2) is 26.4. The Hall–Kier alpha value is 0.310. The van der Waals surface area contributed by atoms with Crippen LogP contribution in [0.1, 0.15) is 157 Å². The van der Waals surface area contributed by atoms with Crippen LogP contribution in [0.3, 0.4) is 0 Å². The zero-order valence-electron chi connectivity index (χ0n) is 24.8. The third-order valence-corrected chi connectivity index (χ3v) is 9.60. The van der Waals surface area contributed by atoms with Crippen LogP contribution in [0.5, 0.6) is 0 Å². The van der Waals surface area contributed by atoms with Gasteiger partial charge in [-0.1, -0.05) is 119 Å². The van der Waals surface area contributed by atoms with E-state index >= 15 is 0 Å². The van der Waals surface area contributed by atoms with E-state index in [1.807, 2.05) is 0 Å². The number of rotatable bonds is 27. The Morgan fingerprint density at radius 3 is 0.618 bits per heavy atom. The fourth-order valence-corrected chi connectivity index (χ4v) is 7.67. The Labute approximate surface area is 218 Å². The fourth-order valence-electron chi connectivity index (χ4n) is 4.67. The van der Waals surface area contributed by atoms with Crippen LogP contribution >= 0.6 is 8.37 Å².